The highest BCUT2D eigenvalue weighted by atomic mass is 19.1. The number of carbonyl (C=O) groups excluding carboxylic acids is 1. The standard InChI is InChI=1S/C16H21FN2O3/c1-4-21-16(19-9-11(2)22-12(3)10-19)18-15(20)13-7-5-6-8-14(13)17/h5-8,11-12H,4,9-10H2,1-3H3. The van der Waals surface area contributed by atoms with Crippen LogP contribution >= 0.6 is 0 Å². The molecule has 1 saturated heterocycles. The molecule has 1 aromatic carbocycles. The zero-order valence-corrected chi connectivity index (χ0v) is 13.1. The molecule has 1 heterocycles. The van der Waals surface area contributed by atoms with Crippen molar-refractivity contribution in [1.29, 1.82) is 0 Å². The van der Waals surface area contributed by atoms with Crippen LogP contribution < -0.4 is 0 Å². The van der Waals surface area contributed by atoms with Gasteiger partial charge in [-0.2, -0.15) is 4.99 Å². The third kappa shape index (κ3) is 4.04. The highest BCUT2D eigenvalue weighted by molar-refractivity contribution is 6.01. The quantitative estimate of drug-likeness (QED) is 0.622. The SMILES string of the molecule is CCOC(=NC(=O)c1ccccc1F)N1CC(C)OC(C)C1. The summed E-state index contributed by atoms with van der Waals surface area (Å²) < 4.78 is 24.8. The minimum absolute atomic E-state index is 0.0120. The van der Waals surface area contributed by atoms with Gasteiger partial charge in [0.1, 0.15) is 5.82 Å². The molecule has 1 aliphatic heterocycles. The fourth-order valence-electron chi connectivity index (χ4n) is 2.44. The van der Waals surface area contributed by atoms with Crippen LogP contribution in [0.25, 0.3) is 0 Å². The number of halogens is 1. The summed E-state index contributed by atoms with van der Waals surface area (Å²) in [5, 5.41) is 0. The molecule has 22 heavy (non-hydrogen) atoms. The van der Waals surface area contributed by atoms with Crippen LogP contribution in [0.2, 0.25) is 0 Å². The molecule has 0 spiro atoms. The predicted octanol–water partition coefficient (Wildman–Crippen LogP) is 2.47. The second kappa shape index (κ2) is 7.35. The minimum atomic E-state index is -0.645. The summed E-state index contributed by atoms with van der Waals surface area (Å²) in [6.07, 6.45) is 0.0240. The number of amides is 1. The maximum atomic E-state index is 13.7. The van der Waals surface area contributed by atoms with Gasteiger partial charge in [0, 0.05) is 13.1 Å². The lowest BCUT2D eigenvalue weighted by Gasteiger charge is -2.36. The molecule has 0 radical (unpaired) electrons. The van der Waals surface area contributed by atoms with Gasteiger partial charge in [-0.15, -0.1) is 0 Å². The van der Waals surface area contributed by atoms with Gasteiger partial charge in [-0.1, -0.05) is 12.1 Å². The molecular formula is C16H21FN2O3. The Kier molecular flexibility index (Phi) is 5.49. The summed E-state index contributed by atoms with van der Waals surface area (Å²) in [5.74, 6) is -1.23. The number of hydrogen-bond acceptors (Lipinski definition) is 3. The van der Waals surface area contributed by atoms with E-state index >= 15 is 0 Å². The third-order valence-electron chi connectivity index (χ3n) is 3.27. The van der Waals surface area contributed by atoms with Crippen LogP contribution in [-0.4, -0.2) is 48.7 Å². The van der Waals surface area contributed by atoms with Crippen molar-refractivity contribution in [2.75, 3.05) is 19.7 Å². The van der Waals surface area contributed by atoms with Gasteiger partial charge in [0.2, 0.25) is 0 Å². The maximum Gasteiger partial charge on any atom is 0.295 e. The Morgan fingerprint density at radius 3 is 2.59 bits per heavy atom. The van der Waals surface area contributed by atoms with E-state index in [1.807, 2.05) is 25.7 Å². The highest BCUT2D eigenvalue weighted by Gasteiger charge is 2.26. The lowest BCUT2D eigenvalue weighted by Crippen LogP contribution is -2.49. The van der Waals surface area contributed by atoms with Crippen molar-refractivity contribution < 1.29 is 18.7 Å². The molecule has 2 unspecified atom stereocenters. The Bertz CT molecular complexity index is 552. The highest BCUT2D eigenvalue weighted by Crippen LogP contribution is 2.14. The molecule has 1 fully saturated rings. The number of carbonyl (C=O) groups is 1. The van der Waals surface area contributed by atoms with Gasteiger partial charge in [0.25, 0.3) is 11.9 Å². The van der Waals surface area contributed by atoms with Crippen molar-refractivity contribution in [2.24, 2.45) is 4.99 Å². The van der Waals surface area contributed by atoms with E-state index in [9.17, 15) is 9.18 Å². The van der Waals surface area contributed by atoms with Crippen molar-refractivity contribution >= 4 is 11.9 Å². The first kappa shape index (κ1) is 16.4. The molecule has 0 bridgehead atoms. The zero-order chi connectivity index (χ0) is 16.1. The van der Waals surface area contributed by atoms with Gasteiger partial charge in [0.05, 0.1) is 24.4 Å². The molecular weight excluding hydrogens is 287 g/mol. The molecule has 2 atom stereocenters. The molecule has 0 saturated carbocycles. The van der Waals surface area contributed by atoms with Crippen LogP contribution in [0, 0.1) is 5.82 Å². The number of hydrogen-bond donors (Lipinski definition) is 0. The number of benzene rings is 1. The second-order valence-electron chi connectivity index (χ2n) is 5.27. The maximum absolute atomic E-state index is 13.7. The average Bonchev–Trinajstić information content (AvgIpc) is 2.46. The lowest BCUT2D eigenvalue weighted by atomic mass is 10.2. The first-order valence-electron chi connectivity index (χ1n) is 7.42. The lowest BCUT2D eigenvalue weighted by molar-refractivity contribution is -0.0539. The van der Waals surface area contributed by atoms with E-state index < -0.39 is 11.7 Å². The molecule has 5 nitrogen and oxygen atoms in total. The molecule has 1 amide bonds. The van der Waals surface area contributed by atoms with E-state index in [0.717, 1.165) is 0 Å². The van der Waals surface area contributed by atoms with Gasteiger partial charge in [-0.25, -0.2) is 4.39 Å². The first-order chi connectivity index (χ1) is 10.5. The van der Waals surface area contributed by atoms with Crippen molar-refractivity contribution in [1.82, 2.24) is 4.90 Å². The van der Waals surface area contributed by atoms with E-state index in [1.54, 1.807) is 6.07 Å². The van der Waals surface area contributed by atoms with Crippen LogP contribution in [0.5, 0.6) is 0 Å². The van der Waals surface area contributed by atoms with Crippen molar-refractivity contribution in [3.8, 4) is 0 Å². The number of aliphatic imine (C=N–C) groups is 1. The Hall–Kier alpha value is -1.95. The predicted molar refractivity (Wildman–Crippen MR) is 81.4 cm³/mol. The summed E-state index contributed by atoms with van der Waals surface area (Å²) in [5.41, 5.74) is -0.0611. The van der Waals surface area contributed by atoms with E-state index in [4.69, 9.17) is 9.47 Å². The van der Waals surface area contributed by atoms with Gasteiger partial charge < -0.3 is 14.4 Å². The topological polar surface area (TPSA) is 51.1 Å². The molecule has 120 valence electrons. The van der Waals surface area contributed by atoms with E-state index in [-0.39, 0.29) is 23.8 Å². The summed E-state index contributed by atoms with van der Waals surface area (Å²) in [4.78, 5) is 18.0. The van der Waals surface area contributed by atoms with Crippen LogP contribution in [0.4, 0.5) is 4.39 Å². The monoisotopic (exact) mass is 308 g/mol. The fraction of sp³-hybridized carbons (Fsp3) is 0.500. The van der Waals surface area contributed by atoms with Crippen molar-refractivity contribution in [3.05, 3.63) is 35.6 Å². The number of rotatable bonds is 2. The van der Waals surface area contributed by atoms with Crippen LogP contribution in [-0.2, 0) is 9.47 Å². The summed E-state index contributed by atoms with van der Waals surface area (Å²) in [6, 6.07) is 6.00. The zero-order valence-electron chi connectivity index (χ0n) is 13.1. The molecule has 6 heteroatoms. The Balaban J connectivity index is 2.23. The van der Waals surface area contributed by atoms with Gasteiger partial charge in [-0.3, -0.25) is 4.79 Å². The smallest absolute Gasteiger partial charge is 0.295 e. The molecule has 0 aliphatic carbocycles. The van der Waals surface area contributed by atoms with Gasteiger partial charge in [0.15, 0.2) is 0 Å². The van der Waals surface area contributed by atoms with Crippen LogP contribution in [0.1, 0.15) is 31.1 Å². The molecule has 0 N–H and O–H groups in total. The molecule has 0 aromatic heterocycles. The fourth-order valence-corrected chi connectivity index (χ4v) is 2.44. The third-order valence-corrected chi connectivity index (χ3v) is 3.27. The van der Waals surface area contributed by atoms with Gasteiger partial charge in [-0.05, 0) is 32.9 Å². The molecule has 1 aromatic rings. The average molecular weight is 308 g/mol. The Morgan fingerprint density at radius 1 is 1.36 bits per heavy atom. The summed E-state index contributed by atoms with van der Waals surface area (Å²) in [6.45, 7) is 7.25. The Labute approximate surface area is 129 Å². The Morgan fingerprint density at radius 2 is 2.00 bits per heavy atom. The van der Waals surface area contributed by atoms with Crippen molar-refractivity contribution in [2.45, 2.75) is 33.0 Å². The normalized spacial score (nSPS) is 22.5. The number of nitrogens with zero attached hydrogens (tertiary/aromatic N) is 2. The number of morpholine rings is 1. The van der Waals surface area contributed by atoms with E-state index in [1.165, 1.54) is 18.2 Å². The molecule has 1 aliphatic rings. The molecule has 2 rings (SSSR count). The van der Waals surface area contributed by atoms with E-state index in [0.29, 0.717) is 19.7 Å². The summed E-state index contributed by atoms with van der Waals surface area (Å²) >= 11 is 0. The largest absolute Gasteiger partial charge is 0.465 e. The number of ether oxygens (including phenoxy) is 2. The van der Waals surface area contributed by atoms with Crippen molar-refractivity contribution in [3.63, 3.8) is 0 Å². The number of amidine groups is 1. The van der Waals surface area contributed by atoms with Crippen LogP contribution in [0.3, 0.4) is 0 Å². The second-order valence-corrected chi connectivity index (χ2v) is 5.27. The van der Waals surface area contributed by atoms with Crippen LogP contribution in [0.15, 0.2) is 29.3 Å². The summed E-state index contributed by atoms with van der Waals surface area (Å²) in [7, 11) is 0. The van der Waals surface area contributed by atoms with Gasteiger partial charge >= 0.3 is 0 Å². The minimum Gasteiger partial charge on any atom is -0.465 e. The first-order valence-corrected chi connectivity index (χ1v) is 7.42. The van der Waals surface area contributed by atoms with E-state index in [2.05, 4.69) is 4.99 Å².